The van der Waals surface area contributed by atoms with Crippen molar-refractivity contribution in [3.63, 3.8) is 0 Å². The van der Waals surface area contributed by atoms with Crippen molar-refractivity contribution in [1.29, 1.82) is 0 Å². The third-order valence-corrected chi connectivity index (χ3v) is 5.14. The maximum Gasteiger partial charge on any atom is 0.328 e. The van der Waals surface area contributed by atoms with Crippen LogP contribution in [0.1, 0.15) is 36.8 Å². The van der Waals surface area contributed by atoms with E-state index in [0.717, 1.165) is 5.69 Å². The standard InChI is InChI=1S/C19H22ClFN4O3/c1-10(2)15(18(26)28-3)24-19(27)25-7-6-14-16(23-9-22-14)17(25)11-4-5-13(21)12(20)8-11/h4-5,8-10,15,17H,6-7H2,1-3H3,(H,22,23)(H,24,27)/t15-,17?/m1/s1. The van der Waals surface area contributed by atoms with Crippen LogP contribution in [0.4, 0.5) is 9.18 Å². The molecular weight excluding hydrogens is 387 g/mol. The molecule has 2 heterocycles. The average molecular weight is 409 g/mol. The zero-order chi connectivity index (χ0) is 20.4. The summed E-state index contributed by atoms with van der Waals surface area (Å²) in [7, 11) is 1.28. The summed E-state index contributed by atoms with van der Waals surface area (Å²) in [5.41, 5.74) is 2.21. The Morgan fingerprint density at radius 1 is 1.43 bits per heavy atom. The number of rotatable bonds is 4. The first-order chi connectivity index (χ1) is 13.3. The third-order valence-electron chi connectivity index (χ3n) is 4.85. The second kappa shape index (κ2) is 8.18. The molecule has 28 heavy (non-hydrogen) atoms. The molecule has 150 valence electrons. The van der Waals surface area contributed by atoms with Gasteiger partial charge in [0, 0.05) is 18.7 Å². The Balaban J connectivity index is 1.95. The van der Waals surface area contributed by atoms with Crippen molar-refractivity contribution in [2.45, 2.75) is 32.4 Å². The minimum atomic E-state index is -0.782. The van der Waals surface area contributed by atoms with Crippen LogP contribution < -0.4 is 5.32 Å². The van der Waals surface area contributed by atoms with Crippen LogP contribution in [0.3, 0.4) is 0 Å². The Labute approximate surface area is 167 Å². The first-order valence-electron chi connectivity index (χ1n) is 8.95. The minimum Gasteiger partial charge on any atom is -0.467 e. The monoisotopic (exact) mass is 408 g/mol. The fraction of sp³-hybridized carbons (Fsp3) is 0.421. The lowest BCUT2D eigenvalue weighted by Crippen LogP contribution is -2.53. The molecule has 0 fully saturated rings. The zero-order valence-corrected chi connectivity index (χ0v) is 16.6. The second-order valence-corrected chi connectivity index (χ2v) is 7.39. The van der Waals surface area contributed by atoms with Crippen LogP contribution in [0.5, 0.6) is 0 Å². The van der Waals surface area contributed by atoms with E-state index in [1.807, 2.05) is 13.8 Å². The second-order valence-electron chi connectivity index (χ2n) is 6.98. The molecule has 9 heteroatoms. The lowest BCUT2D eigenvalue weighted by atomic mass is 9.95. The van der Waals surface area contributed by atoms with Crippen LogP contribution in [0.2, 0.25) is 5.02 Å². The first kappa shape index (κ1) is 20.1. The number of carbonyl (C=O) groups excluding carboxylic acids is 2. The Morgan fingerprint density at radius 3 is 2.82 bits per heavy atom. The number of fused-ring (bicyclic) bond motifs is 1. The number of urea groups is 1. The molecule has 0 bridgehead atoms. The quantitative estimate of drug-likeness (QED) is 0.761. The number of ether oxygens (including phenoxy) is 1. The number of aromatic amines is 1. The molecule has 0 radical (unpaired) electrons. The van der Waals surface area contributed by atoms with Gasteiger partial charge < -0.3 is 19.9 Å². The number of H-pyrrole nitrogens is 1. The van der Waals surface area contributed by atoms with E-state index in [4.69, 9.17) is 16.3 Å². The van der Waals surface area contributed by atoms with Gasteiger partial charge in [0.25, 0.3) is 0 Å². The van der Waals surface area contributed by atoms with Gasteiger partial charge in [0.2, 0.25) is 0 Å². The average Bonchev–Trinajstić information content (AvgIpc) is 3.15. The normalized spacial score (nSPS) is 17.2. The van der Waals surface area contributed by atoms with Crippen LogP contribution >= 0.6 is 11.6 Å². The highest BCUT2D eigenvalue weighted by atomic mass is 35.5. The van der Waals surface area contributed by atoms with Gasteiger partial charge in [-0.3, -0.25) is 0 Å². The molecule has 2 amide bonds. The maximum absolute atomic E-state index is 13.6. The number of hydrogen-bond acceptors (Lipinski definition) is 4. The molecule has 3 rings (SSSR count). The van der Waals surface area contributed by atoms with E-state index in [2.05, 4.69) is 15.3 Å². The number of aromatic nitrogens is 2. The number of imidazole rings is 1. The Bertz CT molecular complexity index is 886. The summed E-state index contributed by atoms with van der Waals surface area (Å²) in [4.78, 5) is 34.1. The molecule has 7 nitrogen and oxygen atoms in total. The number of esters is 1. The summed E-state index contributed by atoms with van der Waals surface area (Å²) < 4.78 is 18.4. The summed E-state index contributed by atoms with van der Waals surface area (Å²) >= 11 is 5.96. The van der Waals surface area contributed by atoms with Gasteiger partial charge in [0.1, 0.15) is 17.9 Å². The van der Waals surface area contributed by atoms with Crippen molar-refractivity contribution in [3.05, 3.63) is 52.3 Å². The topological polar surface area (TPSA) is 87.3 Å². The summed E-state index contributed by atoms with van der Waals surface area (Å²) in [6.45, 7) is 4.04. The van der Waals surface area contributed by atoms with E-state index >= 15 is 0 Å². The molecule has 0 saturated heterocycles. The smallest absolute Gasteiger partial charge is 0.328 e. The van der Waals surface area contributed by atoms with Gasteiger partial charge in [0.05, 0.1) is 24.2 Å². The molecule has 0 aliphatic carbocycles. The largest absolute Gasteiger partial charge is 0.467 e. The van der Waals surface area contributed by atoms with Crippen molar-refractivity contribution in [2.75, 3.05) is 13.7 Å². The number of carbonyl (C=O) groups is 2. The molecule has 2 atom stereocenters. The molecule has 2 aromatic rings. The van der Waals surface area contributed by atoms with Gasteiger partial charge >= 0.3 is 12.0 Å². The molecule has 1 aliphatic heterocycles. The third kappa shape index (κ3) is 3.82. The van der Waals surface area contributed by atoms with Crippen LogP contribution in [0.15, 0.2) is 24.5 Å². The van der Waals surface area contributed by atoms with Gasteiger partial charge in [-0.2, -0.15) is 0 Å². The Morgan fingerprint density at radius 2 is 2.18 bits per heavy atom. The molecule has 0 spiro atoms. The number of hydrogen-bond donors (Lipinski definition) is 2. The molecule has 2 N–H and O–H groups in total. The van der Waals surface area contributed by atoms with Crippen LogP contribution in [0, 0.1) is 11.7 Å². The first-order valence-corrected chi connectivity index (χ1v) is 9.33. The number of nitrogens with one attached hydrogen (secondary N) is 2. The highest BCUT2D eigenvalue weighted by Crippen LogP contribution is 2.35. The fourth-order valence-corrected chi connectivity index (χ4v) is 3.55. The molecule has 1 aromatic carbocycles. The SMILES string of the molecule is COC(=O)[C@H](NC(=O)N1CCc2[nH]cnc2C1c1ccc(F)c(Cl)c1)C(C)C. The van der Waals surface area contributed by atoms with Crippen molar-refractivity contribution in [3.8, 4) is 0 Å². The highest BCUT2D eigenvalue weighted by molar-refractivity contribution is 6.30. The molecule has 1 unspecified atom stereocenters. The van der Waals surface area contributed by atoms with E-state index in [9.17, 15) is 14.0 Å². The summed E-state index contributed by atoms with van der Waals surface area (Å²) in [5, 5.41) is 2.72. The molecule has 0 saturated carbocycles. The van der Waals surface area contributed by atoms with Crippen LogP contribution in [-0.4, -0.2) is 46.6 Å². The van der Waals surface area contributed by atoms with Crippen molar-refractivity contribution in [1.82, 2.24) is 20.2 Å². The number of halogens is 2. The van der Waals surface area contributed by atoms with E-state index in [1.54, 1.807) is 17.3 Å². The van der Waals surface area contributed by atoms with Crippen molar-refractivity contribution >= 4 is 23.6 Å². The van der Waals surface area contributed by atoms with Gasteiger partial charge in [-0.25, -0.2) is 19.0 Å². The minimum absolute atomic E-state index is 0.0323. The van der Waals surface area contributed by atoms with Gasteiger partial charge in [-0.15, -0.1) is 0 Å². The molecular formula is C19H22ClFN4O3. The van der Waals surface area contributed by atoms with Gasteiger partial charge in [-0.05, 0) is 23.6 Å². The summed E-state index contributed by atoms with van der Waals surface area (Å²) in [6.07, 6.45) is 2.15. The molecule has 1 aliphatic rings. The lowest BCUT2D eigenvalue weighted by molar-refractivity contribution is -0.144. The van der Waals surface area contributed by atoms with E-state index in [1.165, 1.54) is 19.2 Å². The Kier molecular flexibility index (Phi) is 5.88. The van der Waals surface area contributed by atoms with E-state index < -0.39 is 29.9 Å². The zero-order valence-electron chi connectivity index (χ0n) is 15.8. The fourth-order valence-electron chi connectivity index (χ4n) is 3.36. The van der Waals surface area contributed by atoms with Crippen LogP contribution in [0.25, 0.3) is 0 Å². The molecule has 1 aromatic heterocycles. The van der Waals surface area contributed by atoms with Crippen molar-refractivity contribution < 1.29 is 18.7 Å². The number of benzene rings is 1. The summed E-state index contributed by atoms with van der Waals surface area (Å²) in [6, 6.07) is 2.57. The predicted molar refractivity (Wildman–Crippen MR) is 101 cm³/mol. The number of nitrogens with zero attached hydrogens (tertiary/aromatic N) is 2. The van der Waals surface area contributed by atoms with Gasteiger partial charge in [0.15, 0.2) is 0 Å². The number of methoxy groups -OCH3 is 1. The number of amides is 2. The summed E-state index contributed by atoms with van der Waals surface area (Å²) in [5.74, 6) is -1.20. The van der Waals surface area contributed by atoms with Crippen LogP contribution in [-0.2, 0) is 16.0 Å². The van der Waals surface area contributed by atoms with Crippen molar-refractivity contribution in [2.24, 2.45) is 5.92 Å². The van der Waals surface area contributed by atoms with E-state index in [-0.39, 0.29) is 10.9 Å². The lowest BCUT2D eigenvalue weighted by Gasteiger charge is -2.36. The maximum atomic E-state index is 13.6. The highest BCUT2D eigenvalue weighted by Gasteiger charge is 2.36. The predicted octanol–water partition coefficient (Wildman–Crippen LogP) is 3.06. The van der Waals surface area contributed by atoms with E-state index in [0.29, 0.717) is 24.2 Å². The van der Waals surface area contributed by atoms with Gasteiger partial charge in [-0.1, -0.05) is 31.5 Å². The Hall–Kier alpha value is -2.61.